The highest BCUT2D eigenvalue weighted by molar-refractivity contribution is 6.31. The van der Waals surface area contributed by atoms with Crippen molar-refractivity contribution in [1.82, 2.24) is 0 Å². The van der Waals surface area contributed by atoms with Crippen LogP contribution in [-0.2, 0) is 11.2 Å². The molecular weight excluding hydrogens is 302 g/mol. The van der Waals surface area contributed by atoms with Gasteiger partial charge in [-0.1, -0.05) is 47.5 Å². The van der Waals surface area contributed by atoms with Crippen LogP contribution in [0.5, 0.6) is 0 Å². The molecule has 0 aliphatic rings. The monoisotopic (exact) mass is 312 g/mol. The normalized spacial score (nSPS) is 12.2. The third-order valence-electron chi connectivity index (χ3n) is 3.00. The number of benzene rings is 2. The van der Waals surface area contributed by atoms with Crippen LogP contribution in [-0.4, -0.2) is 11.1 Å². The molecule has 0 saturated heterocycles. The molecule has 0 bridgehead atoms. The molecule has 104 valence electrons. The number of aliphatic carboxylic acids is 1. The molecule has 20 heavy (non-hydrogen) atoms. The molecule has 2 aromatic rings. The van der Waals surface area contributed by atoms with Crippen molar-refractivity contribution in [3.8, 4) is 0 Å². The number of halogens is 3. The van der Waals surface area contributed by atoms with Gasteiger partial charge in [-0.2, -0.15) is 0 Å². The summed E-state index contributed by atoms with van der Waals surface area (Å²) in [5.41, 5.74) is 1.07. The van der Waals surface area contributed by atoms with Gasteiger partial charge >= 0.3 is 5.97 Å². The standard InChI is InChI=1S/C15H11Cl2FO2/c16-12-4-2-1-3-10(12)11(15(19)20)7-9-5-6-13(17)14(18)8-9/h1-6,8,11H,7H2,(H,19,20). The SMILES string of the molecule is O=C(O)C(Cc1ccc(Cl)c(F)c1)c1ccccc1Cl. The smallest absolute Gasteiger partial charge is 0.311 e. The molecule has 2 aromatic carbocycles. The van der Waals surface area contributed by atoms with E-state index in [4.69, 9.17) is 23.2 Å². The third kappa shape index (κ3) is 3.30. The number of hydrogen-bond donors (Lipinski definition) is 1. The number of hydrogen-bond acceptors (Lipinski definition) is 1. The molecule has 0 spiro atoms. The first-order valence-corrected chi connectivity index (χ1v) is 6.66. The van der Waals surface area contributed by atoms with Crippen LogP contribution in [0.4, 0.5) is 4.39 Å². The van der Waals surface area contributed by atoms with Crippen molar-refractivity contribution in [2.45, 2.75) is 12.3 Å². The van der Waals surface area contributed by atoms with Crippen LogP contribution in [0.3, 0.4) is 0 Å². The molecule has 0 aliphatic carbocycles. The van der Waals surface area contributed by atoms with Gasteiger partial charge in [-0.15, -0.1) is 0 Å². The van der Waals surface area contributed by atoms with Gasteiger partial charge in [0.15, 0.2) is 0 Å². The van der Waals surface area contributed by atoms with Crippen molar-refractivity contribution in [1.29, 1.82) is 0 Å². The lowest BCUT2D eigenvalue weighted by Gasteiger charge is -2.14. The minimum absolute atomic E-state index is 0.0124. The van der Waals surface area contributed by atoms with E-state index in [1.54, 1.807) is 30.3 Å². The van der Waals surface area contributed by atoms with Crippen LogP contribution in [0, 0.1) is 5.82 Å². The van der Waals surface area contributed by atoms with E-state index < -0.39 is 17.7 Å². The van der Waals surface area contributed by atoms with Crippen LogP contribution >= 0.6 is 23.2 Å². The maximum atomic E-state index is 13.4. The molecule has 0 saturated carbocycles. The Morgan fingerprint density at radius 1 is 1.15 bits per heavy atom. The fourth-order valence-electron chi connectivity index (χ4n) is 1.99. The van der Waals surface area contributed by atoms with Crippen LogP contribution in [0.15, 0.2) is 42.5 Å². The Bertz CT molecular complexity index is 644. The minimum atomic E-state index is -1.01. The zero-order valence-electron chi connectivity index (χ0n) is 10.3. The maximum absolute atomic E-state index is 13.4. The first-order valence-electron chi connectivity index (χ1n) is 5.90. The average molecular weight is 313 g/mol. The van der Waals surface area contributed by atoms with E-state index in [-0.39, 0.29) is 11.4 Å². The summed E-state index contributed by atoms with van der Waals surface area (Å²) in [7, 11) is 0. The molecule has 0 aliphatic heterocycles. The van der Waals surface area contributed by atoms with Crippen LogP contribution in [0.1, 0.15) is 17.0 Å². The first-order chi connectivity index (χ1) is 9.49. The van der Waals surface area contributed by atoms with Crippen molar-refractivity contribution in [2.75, 3.05) is 0 Å². The van der Waals surface area contributed by atoms with Gasteiger partial charge in [0, 0.05) is 5.02 Å². The largest absolute Gasteiger partial charge is 0.481 e. The molecule has 2 nitrogen and oxygen atoms in total. The maximum Gasteiger partial charge on any atom is 0.311 e. The molecule has 1 N–H and O–H groups in total. The van der Waals surface area contributed by atoms with Gasteiger partial charge < -0.3 is 5.11 Å². The highest BCUT2D eigenvalue weighted by Gasteiger charge is 2.22. The predicted octanol–water partition coefficient (Wildman–Crippen LogP) is 4.54. The average Bonchev–Trinajstić information content (AvgIpc) is 2.41. The van der Waals surface area contributed by atoms with E-state index in [1.807, 2.05) is 0 Å². The fraction of sp³-hybridized carbons (Fsp3) is 0.133. The second-order valence-electron chi connectivity index (χ2n) is 4.36. The molecule has 1 unspecified atom stereocenters. The second-order valence-corrected chi connectivity index (χ2v) is 5.18. The van der Waals surface area contributed by atoms with E-state index in [1.165, 1.54) is 12.1 Å². The quantitative estimate of drug-likeness (QED) is 0.899. The number of carboxylic acids is 1. The van der Waals surface area contributed by atoms with Gasteiger partial charge in [0.05, 0.1) is 10.9 Å². The molecule has 5 heteroatoms. The van der Waals surface area contributed by atoms with Gasteiger partial charge in [-0.25, -0.2) is 4.39 Å². The molecular formula is C15H11Cl2FO2. The Labute approximate surface area is 125 Å². The van der Waals surface area contributed by atoms with E-state index in [0.717, 1.165) is 0 Å². The summed E-state index contributed by atoms with van der Waals surface area (Å²) in [5.74, 6) is -2.40. The van der Waals surface area contributed by atoms with E-state index >= 15 is 0 Å². The lowest BCUT2D eigenvalue weighted by Crippen LogP contribution is -2.15. The van der Waals surface area contributed by atoms with Crippen LogP contribution in [0.25, 0.3) is 0 Å². The summed E-state index contributed by atoms with van der Waals surface area (Å²) >= 11 is 11.6. The van der Waals surface area contributed by atoms with Gasteiger partial charge in [0.25, 0.3) is 0 Å². The van der Waals surface area contributed by atoms with E-state index in [0.29, 0.717) is 16.1 Å². The Kier molecular flexibility index (Phi) is 4.63. The zero-order valence-corrected chi connectivity index (χ0v) is 11.8. The number of carboxylic acid groups (broad SMARTS) is 1. The molecule has 0 aromatic heterocycles. The van der Waals surface area contributed by atoms with Gasteiger partial charge in [0.1, 0.15) is 5.82 Å². The zero-order chi connectivity index (χ0) is 14.7. The predicted molar refractivity (Wildman–Crippen MR) is 76.9 cm³/mol. The third-order valence-corrected chi connectivity index (χ3v) is 3.65. The Hall–Kier alpha value is -1.58. The minimum Gasteiger partial charge on any atom is -0.481 e. The second kappa shape index (κ2) is 6.25. The van der Waals surface area contributed by atoms with Crippen LogP contribution in [0.2, 0.25) is 10.0 Å². The Balaban J connectivity index is 2.33. The van der Waals surface area contributed by atoms with E-state index in [2.05, 4.69) is 0 Å². The number of carbonyl (C=O) groups is 1. The summed E-state index contributed by atoms with van der Waals surface area (Å²) in [5, 5.41) is 9.75. The lowest BCUT2D eigenvalue weighted by molar-refractivity contribution is -0.138. The molecule has 0 fully saturated rings. The van der Waals surface area contributed by atoms with Crippen molar-refractivity contribution in [3.05, 3.63) is 69.5 Å². The molecule has 1 atom stereocenters. The number of rotatable bonds is 4. The van der Waals surface area contributed by atoms with Gasteiger partial charge in [-0.3, -0.25) is 4.79 Å². The summed E-state index contributed by atoms with van der Waals surface area (Å²) in [6.45, 7) is 0. The summed E-state index contributed by atoms with van der Waals surface area (Å²) in [6.07, 6.45) is 0.146. The molecule has 0 heterocycles. The Morgan fingerprint density at radius 2 is 1.85 bits per heavy atom. The van der Waals surface area contributed by atoms with Crippen molar-refractivity contribution >= 4 is 29.2 Å². The van der Waals surface area contributed by atoms with Crippen LogP contribution < -0.4 is 0 Å². The van der Waals surface area contributed by atoms with Crippen molar-refractivity contribution in [3.63, 3.8) is 0 Å². The summed E-state index contributed by atoms with van der Waals surface area (Å²) in [6, 6.07) is 11.0. The lowest BCUT2D eigenvalue weighted by atomic mass is 9.92. The van der Waals surface area contributed by atoms with Gasteiger partial charge in [-0.05, 0) is 35.7 Å². The Morgan fingerprint density at radius 3 is 2.45 bits per heavy atom. The summed E-state index contributed by atoms with van der Waals surface area (Å²) in [4.78, 5) is 11.4. The molecule has 2 rings (SSSR count). The fourth-order valence-corrected chi connectivity index (χ4v) is 2.38. The molecule has 0 radical (unpaired) electrons. The summed E-state index contributed by atoms with van der Waals surface area (Å²) < 4.78 is 13.4. The highest BCUT2D eigenvalue weighted by Crippen LogP contribution is 2.28. The topological polar surface area (TPSA) is 37.3 Å². The van der Waals surface area contributed by atoms with Crippen molar-refractivity contribution < 1.29 is 14.3 Å². The van der Waals surface area contributed by atoms with Gasteiger partial charge in [0.2, 0.25) is 0 Å². The first kappa shape index (κ1) is 14.8. The highest BCUT2D eigenvalue weighted by atomic mass is 35.5. The molecule has 0 amide bonds. The van der Waals surface area contributed by atoms with Crippen molar-refractivity contribution in [2.24, 2.45) is 0 Å². The van der Waals surface area contributed by atoms with E-state index in [9.17, 15) is 14.3 Å².